The first-order valence-corrected chi connectivity index (χ1v) is 7.77. The van der Waals surface area contributed by atoms with Gasteiger partial charge in [-0.3, -0.25) is 9.59 Å². The summed E-state index contributed by atoms with van der Waals surface area (Å²) in [5.74, 6) is -0.483. The topological polar surface area (TPSA) is 78.4 Å². The molecular formula is C17H24N2O3. The predicted octanol–water partition coefficient (Wildman–Crippen LogP) is 2.38. The van der Waals surface area contributed by atoms with Gasteiger partial charge >= 0.3 is 0 Å². The van der Waals surface area contributed by atoms with Crippen molar-refractivity contribution in [3.8, 4) is 0 Å². The Bertz CT molecular complexity index is 575. The van der Waals surface area contributed by atoms with Crippen molar-refractivity contribution in [1.29, 1.82) is 0 Å². The lowest BCUT2D eigenvalue weighted by Gasteiger charge is -2.21. The van der Waals surface area contributed by atoms with E-state index in [2.05, 4.69) is 10.6 Å². The van der Waals surface area contributed by atoms with E-state index in [0.717, 1.165) is 18.4 Å². The number of nitrogens with one attached hydrogen (secondary N) is 2. The number of aliphatic hydroxyl groups is 1. The van der Waals surface area contributed by atoms with Gasteiger partial charge in [0.1, 0.15) is 5.60 Å². The van der Waals surface area contributed by atoms with E-state index in [1.165, 1.54) is 0 Å². The molecule has 2 rings (SSSR count). The second kappa shape index (κ2) is 6.48. The molecule has 22 heavy (non-hydrogen) atoms. The third kappa shape index (κ3) is 3.65. The summed E-state index contributed by atoms with van der Waals surface area (Å²) in [6, 6.07) is 5.22. The Morgan fingerprint density at radius 3 is 2.41 bits per heavy atom. The van der Waals surface area contributed by atoms with E-state index in [4.69, 9.17) is 0 Å². The van der Waals surface area contributed by atoms with Gasteiger partial charge in [0, 0.05) is 17.3 Å². The van der Waals surface area contributed by atoms with Crippen LogP contribution in [0.4, 0.5) is 5.69 Å². The summed E-state index contributed by atoms with van der Waals surface area (Å²) in [7, 11) is 0. The van der Waals surface area contributed by atoms with Gasteiger partial charge in [-0.2, -0.15) is 0 Å². The highest BCUT2D eigenvalue weighted by Gasteiger charge is 2.38. The van der Waals surface area contributed by atoms with Gasteiger partial charge in [-0.15, -0.1) is 0 Å². The molecule has 1 aliphatic carbocycles. The second-order valence-corrected chi connectivity index (χ2v) is 6.35. The lowest BCUT2D eigenvalue weighted by atomic mass is 10.0. The molecule has 5 nitrogen and oxygen atoms in total. The second-order valence-electron chi connectivity index (χ2n) is 6.35. The quantitative estimate of drug-likeness (QED) is 0.799. The van der Waals surface area contributed by atoms with Crippen molar-refractivity contribution in [2.75, 3.05) is 5.32 Å². The van der Waals surface area contributed by atoms with Gasteiger partial charge in [0.15, 0.2) is 0 Å². The van der Waals surface area contributed by atoms with Crippen molar-refractivity contribution in [2.24, 2.45) is 0 Å². The molecule has 1 fully saturated rings. The zero-order valence-electron chi connectivity index (χ0n) is 13.4. The Balaban J connectivity index is 2.09. The molecule has 0 saturated heterocycles. The minimum atomic E-state index is -1.25. The molecule has 5 heteroatoms. The van der Waals surface area contributed by atoms with Crippen molar-refractivity contribution in [1.82, 2.24) is 5.32 Å². The van der Waals surface area contributed by atoms with Gasteiger partial charge in [0.2, 0.25) is 0 Å². The van der Waals surface area contributed by atoms with E-state index in [-0.39, 0.29) is 17.9 Å². The lowest BCUT2D eigenvalue weighted by Crippen LogP contribution is -2.40. The first kappa shape index (κ1) is 16.5. The Morgan fingerprint density at radius 1 is 1.23 bits per heavy atom. The van der Waals surface area contributed by atoms with Crippen molar-refractivity contribution in [3.63, 3.8) is 0 Å². The van der Waals surface area contributed by atoms with Crippen LogP contribution in [0.25, 0.3) is 0 Å². The fraction of sp³-hybridized carbons (Fsp3) is 0.529. The van der Waals surface area contributed by atoms with Crippen LogP contribution in [-0.4, -0.2) is 28.6 Å². The summed E-state index contributed by atoms with van der Waals surface area (Å²) in [6.45, 7) is 5.64. The molecule has 2 amide bonds. The van der Waals surface area contributed by atoms with Crippen LogP contribution in [0.1, 0.15) is 55.5 Å². The average Bonchev–Trinajstić information content (AvgIpc) is 2.86. The number of amides is 2. The van der Waals surface area contributed by atoms with E-state index >= 15 is 0 Å². The maximum atomic E-state index is 12.2. The molecule has 0 atom stereocenters. The molecule has 1 aromatic carbocycles. The Kier molecular flexibility index (Phi) is 4.86. The number of carbonyl (C=O) groups excluding carboxylic acids is 2. The molecule has 0 radical (unpaired) electrons. The van der Waals surface area contributed by atoms with Crippen LogP contribution < -0.4 is 10.6 Å². The highest BCUT2D eigenvalue weighted by Crippen LogP contribution is 2.30. The van der Waals surface area contributed by atoms with Crippen molar-refractivity contribution >= 4 is 17.5 Å². The van der Waals surface area contributed by atoms with Gasteiger partial charge in [0.05, 0.1) is 0 Å². The van der Waals surface area contributed by atoms with Crippen molar-refractivity contribution in [2.45, 2.75) is 58.1 Å². The molecule has 1 aromatic rings. The van der Waals surface area contributed by atoms with Crippen LogP contribution in [0.5, 0.6) is 0 Å². The molecular weight excluding hydrogens is 280 g/mol. The summed E-state index contributed by atoms with van der Waals surface area (Å²) in [5, 5.41) is 15.9. The van der Waals surface area contributed by atoms with Gasteiger partial charge in [0.25, 0.3) is 11.8 Å². The maximum Gasteiger partial charge on any atom is 0.256 e. The minimum Gasteiger partial charge on any atom is -0.380 e. The fourth-order valence-corrected chi connectivity index (χ4v) is 2.77. The van der Waals surface area contributed by atoms with Gasteiger partial charge in [-0.05, 0) is 70.2 Å². The monoisotopic (exact) mass is 304 g/mol. The minimum absolute atomic E-state index is 0.0721. The molecule has 0 spiro atoms. The highest BCUT2D eigenvalue weighted by molar-refractivity contribution is 5.99. The highest BCUT2D eigenvalue weighted by atomic mass is 16.3. The van der Waals surface area contributed by atoms with Crippen molar-refractivity contribution < 1.29 is 14.7 Å². The molecule has 120 valence electrons. The van der Waals surface area contributed by atoms with Crippen LogP contribution in [0, 0.1) is 6.92 Å². The van der Waals surface area contributed by atoms with Crippen molar-refractivity contribution in [3.05, 3.63) is 29.3 Å². The molecule has 0 bridgehead atoms. The zero-order chi connectivity index (χ0) is 16.3. The molecule has 0 unspecified atom stereocenters. The molecule has 1 aliphatic rings. The normalized spacial score (nSPS) is 16.6. The van der Waals surface area contributed by atoms with Crippen LogP contribution in [0.15, 0.2) is 18.2 Å². The van der Waals surface area contributed by atoms with E-state index in [9.17, 15) is 14.7 Å². The van der Waals surface area contributed by atoms with Crippen LogP contribution in [-0.2, 0) is 4.79 Å². The summed E-state index contributed by atoms with van der Waals surface area (Å²) in [6.07, 6.45) is 2.76. The summed E-state index contributed by atoms with van der Waals surface area (Å²) < 4.78 is 0. The van der Waals surface area contributed by atoms with E-state index < -0.39 is 5.60 Å². The lowest BCUT2D eigenvalue weighted by molar-refractivity contribution is -0.133. The SMILES string of the molecule is Cc1cc(NC(=O)C2(O)CCCC2)ccc1C(=O)NC(C)C. The number of hydrogen-bond acceptors (Lipinski definition) is 3. The first-order valence-electron chi connectivity index (χ1n) is 7.77. The number of rotatable bonds is 4. The number of benzene rings is 1. The summed E-state index contributed by atoms with van der Waals surface area (Å²) in [4.78, 5) is 24.2. The smallest absolute Gasteiger partial charge is 0.256 e. The van der Waals surface area contributed by atoms with E-state index in [0.29, 0.717) is 24.1 Å². The first-order chi connectivity index (χ1) is 10.3. The third-order valence-corrected chi connectivity index (χ3v) is 4.00. The fourth-order valence-electron chi connectivity index (χ4n) is 2.77. The summed E-state index contributed by atoms with van der Waals surface area (Å²) >= 11 is 0. The van der Waals surface area contributed by atoms with Gasteiger partial charge in [-0.25, -0.2) is 0 Å². The zero-order valence-corrected chi connectivity index (χ0v) is 13.4. The summed E-state index contributed by atoms with van der Waals surface area (Å²) in [5.41, 5.74) is 0.728. The molecule has 0 aliphatic heterocycles. The Morgan fingerprint density at radius 2 is 1.86 bits per heavy atom. The van der Waals surface area contributed by atoms with E-state index in [1.54, 1.807) is 18.2 Å². The van der Waals surface area contributed by atoms with Gasteiger partial charge in [-0.1, -0.05) is 0 Å². The van der Waals surface area contributed by atoms with Crippen LogP contribution in [0.2, 0.25) is 0 Å². The molecule has 3 N–H and O–H groups in total. The number of anilines is 1. The Hall–Kier alpha value is -1.88. The largest absolute Gasteiger partial charge is 0.380 e. The average molecular weight is 304 g/mol. The molecule has 0 heterocycles. The third-order valence-electron chi connectivity index (χ3n) is 4.00. The Labute approximate surface area is 131 Å². The van der Waals surface area contributed by atoms with Crippen LogP contribution in [0.3, 0.4) is 0 Å². The predicted molar refractivity (Wildman–Crippen MR) is 85.8 cm³/mol. The van der Waals surface area contributed by atoms with Gasteiger partial charge < -0.3 is 15.7 Å². The molecule has 0 aromatic heterocycles. The van der Waals surface area contributed by atoms with Crippen LogP contribution >= 0.6 is 0 Å². The molecule has 1 saturated carbocycles. The maximum absolute atomic E-state index is 12.2. The number of aryl methyl sites for hydroxylation is 1. The number of hydrogen-bond donors (Lipinski definition) is 3. The van der Waals surface area contributed by atoms with E-state index in [1.807, 2.05) is 20.8 Å². The standard InChI is InChI=1S/C17H24N2O3/c1-11(2)18-15(20)14-7-6-13(10-12(14)3)19-16(21)17(22)8-4-5-9-17/h6-7,10-11,22H,4-5,8-9H2,1-3H3,(H,18,20)(H,19,21). The number of carbonyl (C=O) groups is 2.